The summed E-state index contributed by atoms with van der Waals surface area (Å²) in [5.74, 6) is 0. The van der Waals surface area contributed by atoms with Gasteiger partial charge in [-0.15, -0.1) is 0 Å². The molecule has 19 heavy (non-hydrogen) atoms. The van der Waals surface area contributed by atoms with Crippen molar-refractivity contribution >= 4 is 8.07 Å². The molecule has 102 valence electrons. The lowest BCUT2D eigenvalue weighted by molar-refractivity contribution is 0.0881. The molecule has 0 radical (unpaired) electrons. The number of nitrogens with zero attached hydrogens (tertiary/aromatic N) is 3. The SMILES string of the molecule is C[Si](C)(C)CCOCn1cncc1-c1ccccn1. The smallest absolute Gasteiger partial charge is 0.124 e. The predicted molar refractivity (Wildman–Crippen MR) is 79.6 cm³/mol. The number of rotatable bonds is 6. The molecule has 0 aliphatic rings. The van der Waals surface area contributed by atoms with Gasteiger partial charge in [0.1, 0.15) is 6.73 Å². The fourth-order valence-electron chi connectivity index (χ4n) is 1.69. The normalized spacial score (nSPS) is 11.7. The van der Waals surface area contributed by atoms with E-state index in [-0.39, 0.29) is 0 Å². The number of imidazole rings is 1. The Morgan fingerprint density at radius 3 is 2.79 bits per heavy atom. The highest BCUT2D eigenvalue weighted by Gasteiger charge is 2.12. The van der Waals surface area contributed by atoms with Crippen molar-refractivity contribution in [2.24, 2.45) is 0 Å². The number of hydrogen-bond donors (Lipinski definition) is 0. The molecule has 0 N–H and O–H groups in total. The Morgan fingerprint density at radius 1 is 1.26 bits per heavy atom. The molecule has 2 rings (SSSR count). The highest BCUT2D eigenvalue weighted by molar-refractivity contribution is 6.76. The zero-order chi connectivity index (χ0) is 13.7. The maximum absolute atomic E-state index is 5.75. The molecule has 0 aliphatic carbocycles. The van der Waals surface area contributed by atoms with Crippen LogP contribution in [-0.4, -0.2) is 29.2 Å². The molecule has 0 bridgehead atoms. The van der Waals surface area contributed by atoms with Crippen LogP contribution < -0.4 is 0 Å². The van der Waals surface area contributed by atoms with Crippen molar-refractivity contribution in [1.82, 2.24) is 14.5 Å². The van der Waals surface area contributed by atoms with E-state index in [4.69, 9.17) is 4.74 Å². The summed E-state index contributed by atoms with van der Waals surface area (Å²) >= 11 is 0. The van der Waals surface area contributed by atoms with Crippen LogP contribution in [0.2, 0.25) is 25.7 Å². The molecule has 0 saturated carbocycles. The minimum absolute atomic E-state index is 0.538. The summed E-state index contributed by atoms with van der Waals surface area (Å²) in [6.45, 7) is 8.42. The van der Waals surface area contributed by atoms with Gasteiger partial charge in [0.05, 0.1) is 23.9 Å². The Balaban J connectivity index is 1.94. The van der Waals surface area contributed by atoms with Gasteiger partial charge in [-0.05, 0) is 18.2 Å². The Morgan fingerprint density at radius 2 is 2.11 bits per heavy atom. The van der Waals surface area contributed by atoms with Crippen LogP contribution in [0.1, 0.15) is 0 Å². The second-order valence-electron chi connectivity index (χ2n) is 5.81. The molecule has 4 nitrogen and oxygen atoms in total. The largest absolute Gasteiger partial charge is 0.361 e. The van der Waals surface area contributed by atoms with Crippen LogP contribution >= 0.6 is 0 Å². The topological polar surface area (TPSA) is 39.9 Å². The van der Waals surface area contributed by atoms with Crippen LogP contribution in [0.15, 0.2) is 36.9 Å². The first-order valence-corrected chi connectivity index (χ1v) is 10.3. The van der Waals surface area contributed by atoms with Gasteiger partial charge in [-0.1, -0.05) is 25.7 Å². The first-order valence-electron chi connectivity index (χ1n) is 6.55. The molecular formula is C14H21N3OSi. The van der Waals surface area contributed by atoms with Crippen LogP contribution in [0.5, 0.6) is 0 Å². The summed E-state index contributed by atoms with van der Waals surface area (Å²) in [6.07, 6.45) is 5.40. The van der Waals surface area contributed by atoms with Crippen LogP contribution in [-0.2, 0) is 11.5 Å². The molecule has 5 heteroatoms. The fraction of sp³-hybridized carbons (Fsp3) is 0.429. The quantitative estimate of drug-likeness (QED) is 0.600. The number of aromatic nitrogens is 3. The second-order valence-corrected chi connectivity index (χ2v) is 11.4. The van der Waals surface area contributed by atoms with Crippen LogP contribution in [0, 0.1) is 0 Å². The molecule has 0 aromatic carbocycles. The van der Waals surface area contributed by atoms with Crippen molar-refractivity contribution in [2.75, 3.05) is 6.61 Å². The van der Waals surface area contributed by atoms with Gasteiger partial charge in [0, 0.05) is 20.9 Å². The molecule has 0 unspecified atom stereocenters. The van der Waals surface area contributed by atoms with Crippen molar-refractivity contribution in [3.8, 4) is 11.4 Å². The van der Waals surface area contributed by atoms with E-state index in [1.54, 1.807) is 12.5 Å². The lowest BCUT2D eigenvalue weighted by atomic mass is 10.3. The van der Waals surface area contributed by atoms with Crippen molar-refractivity contribution in [2.45, 2.75) is 32.4 Å². The molecule has 2 heterocycles. The van der Waals surface area contributed by atoms with Crippen molar-refractivity contribution in [3.05, 3.63) is 36.9 Å². The lowest BCUT2D eigenvalue weighted by Gasteiger charge is -2.16. The zero-order valence-electron chi connectivity index (χ0n) is 11.8. The van der Waals surface area contributed by atoms with E-state index in [1.807, 2.05) is 29.0 Å². The summed E-state index contributed by atoms with van der Waals surface area (Å²) in [5, 5.41) is 0. The van der Waals surface area contributed by atoms with Crippen molar-refractivity contribution in [1.29, 1.82) is 0 Å². The molecule has 2 aromatic rings. The number of pyridine rings is 1. The van der Waals surface area contributed by atoms with Gasteiger partial charge < -0.3 is 9.30 Å². The molecule has 2 aromatic heterocycles. The summed E-state index contributed by atoms with van der Waals surface area (Å²) in [7, 11) is -1.02. The Labute approximate surface area is 115 Å². The van der Waals surface area contributed by atoms with E-state index in [1.165, 1.54) is 6.04 Å². The maximum Gasteiger partial charge on any atom is 0.124 e. The monoisotopic (exact) mass is 275 g/mol. The van der Waals surface area contributed by atoms with Crippen LogP contribution in [0.4, 0.5) is 0 Å². The average Bonchev–Trinajstić information content (AvgIpc) is 2.83. The maximum atomic E-state index is 5.75. The molecule has 0 amide bonds. The number of ether oxygens (including phenoxy) is 1. The average molecular weight is 275 g/mol. The zero-order valence-corrected chi connectivity index (χ0v) is 12.8. The molecule has 0 atom stereocenters. The molecule has 0 aliphatic heterocycles. The van der Waals surface area contributed by atoms with Crippen molar-refractivity contribution < 1.29 is 4.74 Å². The van der Waals surface area contributed by atoms with Gasteiger partial charge in [0.25, 0.3) is 0 Å². The van der Waals surface area contributed by atoms with E-state index in [0.29, 0.717) is 6.73 Å². The molecule has 0 spiro atoms. The standard InChI is InChI=1S/C14H21N3OSi/c1-19(2,3)9-8-18-12-17-11-15-10-14(17)13-6-4-5-7-16-13/h4-7,10-11H,8-9,12H2,1-3H3. The van der Waals surface area contributed by atoms with Gasteiger partial charge in [0.15, 0.2) is 0 Å². The first-order chi connectivity index (χ1) is 9.06. The van der Waals surface area contributed by atoms with E-state index in [2.05, 4.69) is 29.6 Å². The van der Waals surface area contributed by atoms with E-state index in [9.17, 15) is 0 Å². The Hall–Kier alpha value is -1.46. The number of hydrogen-bond acceptors (Lipinski definition) is 3. The van der Waals surface area contributed by atoms with E-state index < -0.39 is 8.07 Å². The Bertz CT molecular complexity index is 505. The van der Waals surface area contributed by atoms with Gasteiger partial charge in [-0.25, -0.2) is 4.98 Å². The minimum atomic E-state index is -1.02. The minimum Gasteiger partial charge on any atom is -0.361 e. The van der Waals surface area contributed by atoms with Crippen molar-refractivity contribution in [3.63, 3.8) is 0 Å². The van der Waals surface area contributed by atoms with E-state index >= 15 is 0 Å². The highest BCUT2D eigenvalue weighted by atomic mass is 28.3. The third-order valence-corrected chi connectivity index (χ3v) is 4.57. The molecule has 0 saturated heterocycles. The lowest BCUT2D eigenvalue weighted by Crippen LogP contribution is -2.22. The van der Waals surface area contributed by atoms with Crippen LogP contribution in [0.3, 0.4) is 0 Å². The van der Waals surface area contributed by atoms with Gasteiger partial charge in [-0.2, -0.15) is 0 Å². The van der Waals surface area contributed by atoms with E-state index in [0.717, 1.165) is 18.0 Å². The summed E-state index contributed by atoms with van der Waals surface area (Å²) in [6, 6.07) is 7.05. The van der Waals surface area contributed by atoms with Gasteiger partial charge in [0.2, 0.25) is 0 Å². The summed E-state index contributed by atoms with van der Waals surface area (Å²) in [4.78, 5) is 8.52. The predicted octanol–water partition coefficient (Wildman–Crippen LogP) is 3.26. The first kappa shape index (κ1) is 14.0. The Kier molecular flexibility index (Phi) is 4.50. The van der Waals surface area contributed by atoms with Crippen LogP contribution in [0.25, 0.3) is 11.4 Å². The third kappa shape index (κ3) is 4.29. The third-order valence-electron chi connectivity index (χ3n) is 2.87. The summed E-state index contributed by atoms with van der Waals surface area (Å²) in [5.41, 5.74) is 1.92. The molecule has 0 fully saturated rings. The highest BCUT2D eigenvalue weighted by Crippen LogP contribution is 2.16. The van der Waals surface area contributed by atoms with Gasteiger partial charge in [-0.3, -0.25) is 4.98 Å². The van der Waals surface area contributed by atoms with Gasteiger partial charge >= 0.3 is 0 Å². The summed E-state index contributed by atoms with van der Waals surface area (Å²) < 4.78 is 7.74. The fourth-order valence-corrected chi connectivity index (χ4v) is 2.45. The molecular weight excluding hydrogens is 254 g/mol. The second kappa shape index (κ2) is 6.12.